The number of sulfonamides is 2. The van der Waals surface area contributed by atoms with Crippen LogP contribution in [0.25, 0.3) is 0 Å². The van der Waals surface area contributed by atoms with Gasteiger partial charge in [-0.25, -0.2) is 21.1 Å². The van der Waals surface area contributed by atoms with Crippen LogP contribution >= 0.6 is 49.9 Å². The molecule has 4 heterocycles. The van der Waals surface area contributed by atoms with Crippen molar-refractivity contribution in [1.29, 1.82) is 0 Å². The van der Waals surface area contributed by atoms with Crippen molar-refractivity contribution in [3.05, 3.63) is 153 Å². The van der Waals surface area contributed by atoms with E-state index in [4.69, 9.17) is 0 Å². The molecule has 4 aromatic carbocycles. The van der Waals surface area contributed by atoms with Gasteiger partial charge in [0.25, 0.3) is 43.7 Å². The minimum Gasteiger partial charge on any atom is -0.507 e. The molecule has 115 heavy (non-hydrogen) atoms. The summed E-state index contributed by atoms with van der Waals surface area (Å²) < 4.78 is 51.1. The summed E-state index contributed by atoms with van der Waals surface area (Å²) in [5.74, 6) is 2.21. The van der Waals surface area contributed by atoms with Gasteiger partial charge in [-0.05, 0) is 127 Å². The summed E-state index contributed by atoms with van der Waals surface area (Å²) in [7, 11) is 13.5. The maximum Gasteiger partial charge on any atom is 0.267 e. The summed E-state index contributed by atoms with van der Waals surface area (Å²) >= 11 is 6.74. The highest BCUT2D eigenvalue weighted by Crippen LogP contribution is 2.42. The van der Waals surface area contributed by atoms with E-state index in [0.29, 0.717) is 61.9 Å². The number of hydrogen-bond donors (Lipinski definition) is 7. The van der Waals surface area contributed by atoms with Gasteiger partial charge in [0.15, 0.2) is 8.42 Å². The Labute approximate surface area is 709 Å². The van der Waals surface area contributed by atoms with E-state index in [1.54, 1.807) is 98.2 Å². The van der Waals surface area contributed by atoms with Gasteiger partial charge >= 0.3 is 0 Å². The lowest BCUT2D eigenvalue weighted by atomic mass is 9.98. The highest BCUT2D eigenvalue weighted by Gasteiger charge is 2.31. The molecule has 24 nitrogen and oxygen atoms in total. The van der Waals surface area contributed by atoms with Crippen molar-refractivity contribution in [3.63, 3.8) is 0 Å². The molecule has 0 spiro atoms. The first-order valence-corrected chi connectivity index (χ1v) is 43.3. The van der Waals surface area contributed by atoms with Gasteiger partial charge in [0.2, 0.25) is 0 Å². The smallest absolute Gasteiger partial charge is 0.267 e. The van der Waals surface area contributed by atoms with E-state index in [9.17, 15) is 71.8 Å². The van der Waals surface area contributed by atoms with Crippen molar-refractivity contribution in [1.82, 2.24) is 38.0 Å². The van der Waals surface area contributed by atoms with Crippen molar-refractivity contribution in [3.8, 4) is 40.2 Å². The first-order chi connectivity index (χ1) is 51.9. The fourth-order valence-corrected chi connectivity index (χ4v) is 18.2. The van der Waals surface area contributed by atoms with Gasteiger partial charge in [0.1, 0.15) is 51.0 Å². The van der Waals surface area contributed by atoms with Crippen molar-refractivity contribution >= 4 is 99.5 Å². The van der Waals surface area contributed by atoms with Crippen molar-refractivity contribution < 1.29 is 71.8 Å². The molecule has 0 atom stereocenters. The fourth-order valence-electron chi connectivity index (χ4n) is 10.9. The number of carbonyl (C=O) groups is 4. The fraction of sp³-hybridized carbons (Fsp3) is 0.518. The first-order valence-electron chi connectivity index (χ1n) is 37.0. The van der Waals surface area contributed by atoms with Crippen LogP contribution in [0.15, 0.2) is 101 Å². The number of hydrogen-bond acceptors (Lipinski definition) is 20. The SMILES string of the molecule is C.C.C.CC(C)c1ccc(Br)c(C(=O)N(C)C)c1O.CC(C)c1cccc(C(=O)N(C)C)c1O.CC(C)c1cccc(C(=O)N2CCN(C)CC2)c1O.CC(C)c1csc(C(=O)N(C)C)c1O.CC(C)c1csc(S(=O)(=O)N(C)C)c1O.CCN(CC)S(=O)(=O)c1scc(C(C)C)c1O.CN=C(c1cccc(C(C)C)c1O)N(C)C. The third-order valence-electron chi connectivity index (χ3n) is 17.8. The molecular weight excluding hydrogens is 1630 g/mol. The van der Waals surface area contributed by atoms with Crippen LogP contribution in [0.5, 0.6) is 40.2 Å². The van der Waals surface area contributed by atoms with Gasteiger partial charge in [-0.1, -0.05) is 176 Å². The normalized spacial score (nSPS) is 12.1. The van der Waals surface area contributed by atoms with E-state index in [2.05, 4.69) is 46.7 Å². The zero-order chi connectivity index (χ0) is 86.2. The molecule has 1 aliphatic heterocycles. The topological polar surface area (TPSA) is 316 Å². The average molecular weight is 1760 g/mol. The molecule has 7 aromatic rings. The number of halogens is 1. The molecule has 0 radical (unpaired) electrons. The van der Waals surface area contributed by atoms with Gasteiger partial charge in [0.05, 0.1) is 22.3 Å². The number of phenolic OH excluding ortho intramolecular Hbond substituents is 4. The Morgan fingerprint density at radius 3 is 1.10 bits per heavy atom. The quantitative estimate of drug-likeness (QED) is 0.0310. The lowest BCUT2D eigenvalue weighted by Crippen LogP contribution is -2.47. The number of thiophene rings is 3. The van der Waals surface area contributed by atoms with Gasteiger partial charge in [-0.2, -0.15) is 4.31 Å². The Kier molecular flexibility index (Phi) is 46.9. The molecule has 3 aromatic heterocycles. The second-order valence-corrected chi connectivity index (χ2v) is 37.7. The van der Waals surface area contributed by atoms with Crippen LogP contribution in [0.2, 0.25) is 0 Å². The van der Waals surface area contributed by atoms with Gasteiger partial charge < -0.3 is 65.1 Å². The Hall–Kier alpha value is -7.81. The number of carbonyl (C=O) groups excluding carboxylic acids is 4. The van der Waals surface area contributed by atoms with Crippen molar-refractivity contribution in [2.24, 2.45) is 4.99 Å². The molecule has 7 N–H and O–H groups in total. The van der Waals surface area contributed by atoms with Crippen LogP contribution in [-0.2, 0) is 20.0 Å². The molecular formula is C85H136BrN9O15S5. The zero-order valence-electron chi connectivity index (χ0n) is 70.7. The molecule has 0 saturated carbocycles. The number of piperazine rings is 1. The van der Waals surface area contributed by atoms with Crippen molar-refractivity contribution in [2.75, 3.05) is 124 Å². The second-order valence-electron chi connectivity index (χ2n) is 29.7. The zero-order valence-corrected chi connectivity index (χ0v) is 76.4. The average Bonchev–Trinajstić information content (AvgIpc) is 1.71. The van der Waals surface area contributed by atoms with E-state index in [0.717, 1.165) is 92.4 Å². The largest absolute Gasteiger partial charge is 0.507 e. The van der Waals surface area contributed by atoms with E-state index in [1.165, 1.54) is 44.4 Å². The van der Waals surface area contributed by atoms with Crippen LogP contribution in [0.4, 0.5) is 0 Å². The second kappa shape index (κ2) is 49.4. The van der Waals surface area contributed by atoms with Crippen LogP contribution in [0.1, 0.15) is 260 Å². The molecule has 1 fully saturated rings. The molecule has 0 aliphatic carbocycles. The van der Waals surface area contributed by atoms with E-state index < -0.39 is 20.0 Å². The first kappa shape index (κ1) is 109. The number of nitrogens with zero attached hydrogens (tertiary/aromatic N) is 9. The number of benzene rings is 4. The maximum atomic E-state index is 12.4. The summed E-state index contributed by atoms with van der Waals surface area (Å²) in [6, 6.07) is 20.1. The highest BCUT2D eigenvalue weighted by molar-refractivity contribution is 9.10. The minimum absolute atomic E-state index is 0. The lowest BCUT2D eigenvalue weighted by Gasteiger charge is -2.32. The highest BCUT2D eigenvalue weighted by atomic mass is 79.9. The predicted octanol–water partition coefficient (Wildman–Crippen LogP) is 18.2. The summed E-state index contributed by atoms with van der Waals surface area (Å²) in [5.41, 5.74) is 7.52. The third kappa shape index (κ3) is 29.3. The van der Waals surface area contributed by atoms with E-state index in [1.807, 2.05) is 155 Å². The number of aromatic hydroxyl groups is 7. The Bertz CT molecular complexity index is 4490. The molecule has 1 saturated heterocycles. The standard InChI is InChI=1S/C15H22N2O2.C13H20N2O.C12H16BrNO2.C12H17NO2.C11H19NO3S2.C10H15NO2S.C9H15NO3S2.3CH4/c1-11(2)12-5-4-6-13(14(12)18)15(19)17-9-7-16(3)8-10-17;1-9(2)10-7-6-8-11(12(10)16)13(14-3)15(4)5;1-7(2)8-5-6-9(13)10(11(8)15)12(16)14(3)4;1-8(2)9-6-5-7-10(11(9)14)12(15)13(3)4;1-5-12(6-2)17(14,15)11-10(13)9(7-16-11)8(3)4;1-6(2)7-5-14-9(8(7)12)10(13)11(3)4;1-6(2)7-5-14-9(8(7)11)15(12,13)10(3)4;;;/h4-6,11,18H,7-10H2,1-3H3;6-9,16H,1-5H3;5-7,15H,1-4H3;5-8,14H,1-4H3;7-8,13H,5-6H2,1-4H3;5-6,12H,1-4H3;5-6,11H,1-4H3;3*1H4. The van der Waals surface area contributed by atoms with E-state index >= 15 is 0 Å². The van der Waals surface area contributed by atoms with Crippen molar-refractivity contribution in [2.45, 2.75) is 183 Å². The number of phenols is 4. The molecule has 8 rings (SSSR count). The molecule has 0 unspecified atom stereocenters. The Morgan fingerprint density at radius 1 is 0.426 bits per heavy atom. The third-order valence-corrected chi connectivity index (χ3v) is 26.3. The number of rotatable bonds is 18. The molecule has 30 heteroatoms. The minimum atomic E-state index is -3.54. The number of amidine groups is 1. The number of likely N-dealkylation sites (N-methyl/N-ethyl adjacent to an activating group) is 1. The van der Waals surface area contributed by atoms with Crippen LogP contribution < -0.4 is 0 Å². The number of para-hydroxylation sites is 3. The van der Waals surface area contributed by atoms with E-state index in [-0.39, 0.29) is 124 Å². The van der Waals surface area contributed by atoms with Gasteiger partial charge in [0, 0.05) is 138 Å². The monoisotopic (exact) mass is 1760 g/mol. The Balaban J connectivity index is 0. The summed E-state index contributed by atoms with van der Waals surface area (Å²) in [4.78, 5) is 62.6. The van der Waals surface area contributed by atoms with Gasteiger partial charge in [-0.15, -0.1) is 34.0 Å². The number of amides is 4. The van der Waals surface area contributed by atoms with Crippen LogP contribution in [0, 0.1) is 0 Å². The van der Waals surface area contributed by atoms with Crippen LogP contribution in [0.3, 0.4) is 0 Å². The number of aliphatic imine (C=N–C) groups is 1. The molecule has 1 aliphatic rings. The van der Waals surface area contributed by atoms with Gasteiger partial charge in [-0.3, -0.25) is 24.2 Å². The molecule has 648 valence electrons. The summed E-state index contributed by atoms with van der Waals surface area (Å²) in [5, 5.41) is 75.3. The maximum absolute atomic E-state index is 12.4. The Morgan fingerprint density at radius 2 is 0.765 bits per heavy atom. The lowest BCUT2D eigenvalue weighted by molar-refractivity contribution is 0.0660. The summed E-state index contributed by atoms with van der Waals surface area (Å²) in [6.07, 6.45) is 0. The summed E-state index contributed by atoms with van der Waals surface area (Å²) in [6.45, 7) is 35.4. The predicted molar refractivity (Wildman–Crippen MR) is 481 cm³/mol. The van der Waals surface area contributed by atoms with Crippen LogP contribution in [-0.4, -0.2) is 244 Å². The molecule has 0 bridgehead atoms. The molecule has 4 amide bonds.